The van der Waals surface area contributed by atoms with Crippen LogP contribution in [0.25, 0.3) is 0 Å². The summed E-state index contributed by atoms with van der Waals surface area (Å²) in [6, 6.07) is 0.484. The van der Waals surface area contributed by atoms with Crippen LogP contribution in [0.3, 0.4) is 0 Å². The van der Waals surface area contributed by atoms with Gasteiger partial charge in [-0.2, -0.15) is 0 Å². The number of carbonyl (C=O) groups excluding carboxylic acids is 2. The molecule has 3 N–H and O–H groups in total. The third-order valence-corrected chi connectivity index (χ3v) is 2.94. The number of methoxy groups -OCH3 is 1. The number of carbonyl (C=O) groups is 2. The molecule has 5 nitrogen and oxygen atoms in total. The molecule has 0 aliphatic heterocycles. The first-order valence-electron chi connectivity index (χ1n) is 6.21. The third kappa shape index (κ3) is 3.98. The van der Waals surface area contributed by atoms with E-state index in [2.05, 4.69) is 10.1 Å². The normalized spacial score (nSPS) is 12.7. The van der Waals surface area contributed by atoms with Crippen molar-refractivity contribution < 1.29 is 23.1 Å². The maximum Gasteiger partial charge on any atom is 0.340 e. The summed E-state index contributed by atoms with van der Waals surface area (Å²) in [7, 11) is 1.07. The maximum absolute atomic E-state index is 13.7. The van der Waals surface area contributed by atoms with E-state index >= 15 is 0 Å². The van der Waals surface area contributed by atoms with E-state index in [1.54, 1.807) is 20.8 Å². The molecule has 1 unspecified atom stereocenters. The van der Waals surface area contributed by atoms with E-state index in [0.29, 0.717) is 6.07 Å². The van der Waals surface area contributed by atoms with Gasteiger partial charge in [0, 0.05) is 6.07 Å². The Hall–Kier alpha value is -2.02. The number of rotatable bonds is 3. The molecule has 0 spiro atoms. The van der Waals surface area contributed by atoms with E-state index in [4.69, 9.17) is 5.73 Å². The topological polar surface area (TPSA) is 81.4 Å². The van der Waals surface area contributed by atoms with Gasteiger partial charge < -0.3 is 15.8 Å². The first kappa shape index (κ1) is 17.0. The molecule has 0 saturated heterocycles. The van der Waals surface area contributed by atoms with E-state index < -0.39 is 40.5 Å². The quantitative estimate of drug-likeness (QED) is 0.837. The average Bonchev–Trinajstić information content (AvgIpc) is 2.38. The van der Waals surface area contributed by atoms with Gasteiger partial charge in [-0.05, 0) is 11.5 Å². The fourth-order valence-electron chi connectivity index (χ4n) is 1.51. The van der Waals surface area contributed by atoms with Crippen LogP contribution in [0.2, 0.25) is 0 Å². The summed E-state index contributed by atoms with van der Waals surface area (Å²) in [5, 5.41) is 2.25. The number of nitrogens with two attached hydrogens (primary N) is 1. The van der Waals surface area contributed by atoms with Crippen LogP contribution in [0.15, 0.2) is 12.1 Å². The number of anilines is 1. The molecule has 116 valence electrons. The average molecular weight is 300 g/mol. The fourth-order valence-corrected chi connectivity index (χ4v) is 1.51. The molecule has 1 rings (SSSR count). The first-order chi connectivity index (χ1) is 9.57. The minimum absolute atomic E-state index is 0.332. The van der Waals surface area contributed by atoms with Crippen LogP contribution in [-0.4, -0.2) is 25.0 Å². The zero-order valence-corrected chi connectivity index (χ0v) is 12.3. The molecule has 0 aliphatic rings. The van der Waals surface area contributed by atoms with Gasteiger partial charge in [-0.25, -0.2) is 13.6 Å². The van der Waals surface area contributed by atoms with Crippen LogP contribution in [0, 0.1) is 17.0 Å². The van der Waals surface area contributed by atoms with Gasteiger partial charge in [0.1, 0.15) is 11.6 Å². The Morgan fingerprint density at radius 2 is 1.81 bits per heavy atom. The Morgan fingerprint density at radius 3 is 2.29 bits per heavy atom. The second kappa shape index (κ2) is 6.17. The van der Waals surface area contributed by atoms with Gasteiger partial charge in [-0.1, -0.05) is 20.8 Å². The highest BCUT2D eigenvalue weighted by Crippen LogP contribution is 2.23. The van der Waals surface area contributed by atoms with E-state index in [1.165, 1.54) is 0 Å². The molecule has 0 heterocycles. The van der Waals surface area contributed by atoms with Crippen molar-refractivity contribution in [1.29, 1.82) is 0 Å². The Labute approximate surface area is 121 Å². The smallest absolute Gasteiger partial charge is 0.340 e. The van der Waals surface area contributed by atoms with Crippen LogP contribution < -0.4 is 11.1 Å². The number of amides is 1. The largest absolute Gasteiger partial charge is 0.465 e. The molecular weight excluding hydrogens is 282 g/mol. The van der Waals surface area contributed by atoms with Gasteiger partial charge in [0.25, 0.3) is 0 Å². The minimum Gasteiger partial charge on any atom is -0.465 e. The van der Waals surface area contributed by atoms with Crippen LogP contribution in [-0.2, 0) is 9.53 Å². The lowest BCUT2D eigenvalue weighted by Crippen LogP contribution is -2.45. The zero-order chi connectivity index (χ0) is 16.4. The molecule has 1 aromatic carbocycles. The van der Waals surface area contributed by atoms with Gasteiger partial charge in [0.2, 0.25) is 5.91 Å². The lowest BCUT2D eigenvalue weighted by molar-refractivity contribution is -0.119. The van der Waals surface area contributed by atoms with Crippen molar-refractivity contribution in [1.82, 2.24) is 0 Å². The van der Waals surface area contributed by atoms with Crippen LogP contribution in [0.4, 0.5) is 14.5 Å². The zero-order valence-electron chi connectivity index (χ0n) is 12.3. The lowest BCUT2D eigenvalue weighted by atomic mass is 9.87. The molecule has 21 heavy (non-hydrogen) atoms. The lowest BCUT2D eigenvalue weighted by Gasteiger charge is -2.25. The Bertz CT molecular complexity index is 568. The number of ether oxygens (including phenoxy) is 1. The molecule has 1 amide bonds. The molecule has 0 bridgehead atoms. The van der Waals surface area contributed by atoms with E-state index in [9.17, 15) is 18.4 Å². The Balaban J connectivity index is 3.09. The predicted molar refractivity (Wildman–Crippen MR) is 73.8 cm³/mol. The second-order valence-electron chi connectivity index (χ2n) is 5.64. The summed E-state index contributed by atoms with van der Waals surface area (Å²) >= 11 is 0. The van der Waals surface area contributed by atoms with Crippen LogP contribution >= 0.6 is 0 Å². The number of benzene rings is 1. The number of hydrogen-bond donors (Lipinski definition) is 2. The number of halogens is 2. The summed E-state index contributed by atoms with van der Waals surface area (Å²) < 4.78 is 31.5. The molecular formula is C14H18F2N2O3. The summed E-state index contributed by atoms with van der Waals surface area (Å²) in [5.41, 5.74) is 4.40. The standard InChI is InChI=1S/C14H18F2N2O3/c1-14(2,3)11(17)12(19)18-10-5-7(13(20)21-4)8(15)6-9(10)16/h5-6,11H,17H2,1-4H3,(H,18,19). The molecule has 0 saturated carbocycles. The third-order valence-electron chi connectivity index (χ3n) is 2.94. The number of nitrogens with one attached hydrogen (secondary N) is 1. The minimum atomic E-state index is -1.07. The molecule has 0 fully saturated rings. The van der Waals surface area contributed by atoms with Crippen molar-refractivity contribution in [2.75, 3.05) is 12.4 Å². The maximum atomic E-state index is 13.7. The van der Waals surface area contributed by atoms with E-state index in [0.717, 1.165) is 13.2 Å². The van der Waals surface area contributed by atoms with Gasteiger partial charge in [-0.15, -0.1) is 0 Å². The molecule has 1 aromatic rings. The van der Waals surface area contributed by atoms with Gasteiger partial charge in [0.15, 0.2) is 0 Å². The van der Waals surface area contributed by atoms with Crippen molar-refractivity contribution >= 4 is 17.6 Å². The van der Waals surface area contributed by atoms with Gasteiger partial charge in [0.05, 0.1) is 24.4 Å². The highest BCUT2D eigenvalue weighted by atomic mass is 19.1. The van der Waals surface area contributed by atoms with Crippen molar-refractivity contribution in [3.8, 4) is 0 Å². The Morgan fingerprint density at radius 1 is 1.24 bits per heavy atom. The SMILES string of the molecule is COC(=O)c1cc(NC(=O)C(N)C(C)(C)C)c(F)cc1F. The number of esters is 1. The summed E-state index contributed by atoms with van der Waals surface area (Å²) in [6.07, 6.45) is 0. The highest BCUT2D eigenvalue weighted by molar-refractivity contribution is 5.97. The van der Waals surface area contributed by atoms with Crippen molar-refractivity contribution in [2.24, 2.45) is 11.1 Å². The predicted octanol–water partition coefficient (Wildman–Crippen LogP) is 2.06. The van der Waals surface area contributed by atoms with Crippen molar-refractivity contribution in [3.05, 3.63) is 29.3 Å². The molecule has 0 aliphatic carbocycles. The Kier molecular flexibility index (Phi) is 5.01. The molecule has 0 aromatic heterocycles. The number of hydrogen-bond acceptors (Lipinski definition) is 4. The fraction of sp³-hybridized carbons (Fsp3) is 0.429. The highest BCUT2D eigenvalue weighted by Gasteiger charge is 2.28. The van der Waals surface area contributed by atoms with E-state index in [-0.39, 0.29) is 5.69 Å². The summed E-state index contributed by atoms with van der Waals surface area (Å²) in [4.78, 5) is 23.3. The van der Waals surface area contributed by atoms with Crippen molar-refractivity contribution in [3.63, 3.8) is 0 Å². The summed E-state index contributed by atoms with van der Waals surface area (Å²) in [5.74, 6) is -3.68. The molecule has 7 heteroatoms. The van der Waals surface area contributed by atoms with Crippen molar-refractivity contribution in [2.45, 2.75) is 26.8 Å². The van der Waals surface area contributed by atoms with Crippen LogP contribution in [0.5, 0.6) is 0 Å². The van der Waals surface area contributed by atoms with Crippen LogP contribution in [0.1, 0.15) is 31.1 Å². The van der Waals surface area contributed by atoms with E-state index in [1.807, 2.05) is 0 Å². The van der Waals surface area contributed by atoms with Gasteiger partial charge in [-0.3, -0.25) is 4.79 Å². The first-order valence-corrected chi connectivity index (χ1v) is 6.21. The van der Waals surface area contributed by atoms with Gasteiger partial charge >= 0.3 is 5.97 Å². The monoisotopic (exact) mass is 300 g/mol. The molecule has 1 atom stereocenters. The second-order valence-corrected chi connectivity index (χ2v) is 5.64. The molecule has 0 radical (unpaired) electrons. The summed E-state index contributed by atoms with van der Waals surface area (Å²) in [6.45, 7) is 5.24.